The first-order valence-electron chi connectivity index (χ1n) is 2.93. The van der Waals surface area contributed by atoms with Gasteiger partial charge >= 0.3 is 0 Å². The fourth-order valence-electron chi connectivity index (χ4n) is 0.795. The van der Waals surface area contributed by atoms with Gasteiger partial charge in [-0.15, -0.1) is 0 Å². The highest BCUT2D eigenvalue weighted by Gasteiger charge is 1.90. The molecule has 0 aliphatic carbocycles. The van der Waals surface area contributed by atoms with Crippen LogP contribution in [0.1, 0.15) is 11.1 Å². The van der Waals surface area contributed by atoms with Gasteiger partial charge in [0.25, 0.3) is 0 Å². The summed E-state index contributed by atoms with van der Waals surface area (Å²) in [6.45, 7) is 4.19. The van der Waals surface area contributed by atoms with Crippen molar-refractivity contribution in [3.05, 3.63) is 33.8 Å². The van der Waals surface area contributed by atoms with Gasteiger partial charge in [-0.3, -0.25) is 14.1 Å². The summed E-state index contributed by atoms with van der Waals surface area (Å²) in [5.41, 5.74) is 2.62. The average Bonchev–Trinajstić information content (AvgIpc) is 1.80. The first kappa shape index (κ1) is 17.5. The van der Waals surface area contributed by atoms with E-state index in [0.717, 1.165) is 0 Å². The van der Waals surface area contributed by atoms with Crippen molar-refractivity contribution in [2.24, 2.45) is 0 Å². The normalized spacial score (nSPS) is 7.25. The van der Waals surface area contributed by atoms with E-state index in [1.54, 1.807) is 0 Å². The molecule has 0 aromatic heterocycles. The highest BCUT2D eigenvalue weighted by Crippen LogP contribution is 2.15. The Labute approximate surface area is 78.2 Å². The first-order valence-corrected chi connectivity index (χ1v) is 3.72. The molecule has 1 rings (SSSR count). The SMILES string of the molecule is Cc1ccc(Br)c(C)c1.F.F.F. The van der Waals surface area contributed by atoms with Crippen molar-refractivity contribution in [2.75, 3.05) is 0 Å². The van der Waals surface area contributed by atoms with Crippen LogP contribution in [0.3, 0.4) is 0 Å². The minimum absolute atomic E-state index is 0. The van der Waals surface area contributed by atoms with E-state index in [2.05, 4.69) is 48.0 Å². The average molecular weight is 245 g/mol. The molecular formula is C8H12BrF3. The number of aryl methyl sites for hydroxylation is 2. The molecule has 12 heavy (non-hydrogen) atoms. The molecule has 0 nitrogen and oxygen atoms in total. The number of halogens is 4. The lowest BCUT2D eigenvalue weighted by Gasteiger charge is -1.96. The van der Waals surface area contributed by atoms with Gasteiger partial charge in [0.2, 0.25) is 0 Å². The fraction of sp³-hybridized carbons (Fsp3) is 0.250. The van der Waals surface area contributed by atoms with Gasteiger partial charge in [0.1, 0.15) is 0 Å². The molecule has 0 saturated carbocycles. The van der Waals surface area contributed by atoms with Crippen LogP contribution >= 0.6 is 15.9 Å². The van der Waals surface area contributed by atoms with E-state index >= 15 is 0 Å². The zero-order valence-corrected chi connectivity index (χ0v) is 8.42. The zero-order valence-electron chi connectivity index (χ0n) is 6.83. The predicted molar refractivity (Wildman–Crippen MR) is 51.1 cm³/mol. The molecule has 0 aliphatic rings. The van der Waals surface area contributed by atoms with Crippen LogP contribution < -0.4 is 0 Å². The summed E-state index contributed by atoms with van der Waals surface area (Å²) >= 11 is 3.43. The zero-order chi connectivity index (χ0) is 6.85. The fourth-order valence-corrected chi connectivity index (χ4v) is 1.04. The van der Waals surface area contributed by atoms with Crippen LogP contribution in [0.5, 0.6) is 0 Å². The van der Waals surface area contributed by atoms with E-state index in [-0.39, 0.29) is 14.1 Å². The predicted octanol–water partition coefficient (Wildman–Crippen LogP) is 3.52. The summed E-state index contributed by atoms with van der Waals surface area (Å²) in [5.74, 6) is 0. The Morgan fingerprint density at radius 1 is 1.00 bits per heavy atom. The number of rotatable bonds is 0. The summed E-state index contributed by atoms with van der Waals surface area (Å²) in [5, 5.41) is 0. The van der Waals surface area contributed by atoms with Crippen molar-refractivity contribution < 1.29 is 14.1 Å². The van der Waals surface area contributed by atoms with E-state index in [1.807, 2.05) is 0 Å². The van der Waals surface area contributed by atoms with E-state index in [4.69, 9.17) is 0 Å². The quantitative estimate of drug-likeness (QED) is 0.656. The van der Waals surface area contributed by atoms with Crippen molar-refractivity contribution in [2.45, 2.75) is 13.8 Å². The highest BCUT2D eigenvalue weighted by molar-refractivity contribution is 9.10. The van der Waals surface area contributed by atoms with Crippen molar-refractivity contribution in [3.63, 3.8) is 0 Å². The second-order valence-corrected chi connectivity index (χ2v) is 3.11. The summed E-state index contributed by atoms with van der Waals surface area (Å²) < 4.78 is 1.19. The lowest BCUT2D eigenvalue weighted by Crippen LogP contribution is -1.75. The van der Waals surface area contributed by atoms with E-state index in [9.17, 15) is 0 Å². The Hall–Kier alpha value is -0.510. The molecule has 0 atom stereocenters. The van der Waals surface area contributed by atoms with Gasteiger partial charge in [-0.25, -0.2) is 0 Å². The van der Waals surface area contributed by atoms with Gasteiger partial charge < -0.3 is 0 Å². The molecule has 0 saturated heterocycles. The minimum atomic E-state index is 0. The third-order valence-corrected chi connectivity index (χ3v) is 2.20. The van der Waals surface area contributed by atoms with Gasteiger partial charge in [-0.05, 0) is 25.5 Å². The molecule has 0 N–H and O–H groups in total. The van der Waals surface area contributed by atoms with E-state index in [1.165, 1.54) is 15.6 Å². The third-order valence-electron chi connectivity index (χ3n) is 1.31. The van der Waals surface area contributed by atoms with Gasteiger partial charge in [-0.1, -0.05) is 33.6 Å². The van der Waals surface area contributed by atoms with Crippen molar-refractivity contribution in [1.29, 1.82) is 0 Å². The smallest absolute Gasteiger partial charge is 0.0204 e. The molecule has 0 aliphatic heterocycles. The second kappa shape index (κ2) is 7.16. The molecule has 0 fully saturated rings. The first-order chi connectivity index (χ1) is 4.20. The maximum atomic E-state index is 3.43. The topological polar surface area (TPSA) is 0 Å². The second-order valence-electron chi connectivity index (χ2n) is 2.25. The molecule has 0 unspecified atom stereocenters. The highest BCUT2D eigenvalue weighted by atomic mass is 79.9. The summed E-state index contributed by atoms with van der Waals surface area (Å²) in [4.78, 5) is 0. The lowest BCUT2D eigenvalue weighted by molar-refractivity contribution is 1.11. The van der Waals surface area contributed by atoms with Crippen LogP contribution in [0.25, 0.3) is 0 Å². The lowest BCUT2D eigenvalue weighted by atomic mass is 10.2. The van der Waals surface area contributed by atoms with E-state index < -0.39 is 0 Å². The molecule has 0 heterocycles. The Morgan fingerprint density at radius 3 is 1.83 bits per heavy atom. The molecule has 72 valence electrons. The summed E-state index contributed by atoms with van der Waals surface area (Å²) in [6, 6.07) is 6.33. The molecule has 0 bridgehead atoms. The van der Waals surface area contributed by atoms with Gasteiger partial charge in [0.15, 0.2) is 0 Å². The monoisotopic (exact) mass is 244 g/mol. The molecule has 0 radical (unpaired) electrons. The molecule has 0 amide bonds. The molecule has 1 aromatic rings. The van der Waals surface area contributed by atoms with Crippen molar-refractivity contribution in [3.8, 4) is 0 Å². The minimum Gasteiger partial charge on any atom is -0.269 e. The maximum absolute atomic E-state index is 3.43. The van der Waals surface area contributed by atoms with E-state index in [0.29, 0.717) is 0 Å². The standard InChI is InChI=1S/C8H9Br.3FH/c1-6-3-4-8(9)7(2)5-6;;;/h3-5H,1-2H3;3*1H. The molecule has 4 heteroatoms. The number of hydrogen-bond acceptors (Lipinski definition) is 0. The summed E-state index contributed by atoms with van der Waals surface area (Å²) in [6.07, 6.45) is 0. The van der Waals surface area contributed by atoms with Gasteiger partial charge in [0, 0.05) is 4.47 Å². The number of benzene rings is 1. The Kier molecular flexibility index (Phi) is 10.5. The van der Waals surface area contributed by atoms with Gasteiger partial charge in [0.05, 0.1) is 0 Å². The Bertz CT molecular complexity index is 226. The van der Waals surface area contributed by atoms with Crippen molar-refractivity contribution >= 4 is 15.9 Å². The largest absolute Gasteiger partial charge is 0.269 e. The van der Waals surface area contributed by atoms with Gasteiger partial charge in [-0.2, -0.15) is 0 Å². The Morgan fingerprint density at radius 2 is 1.50 bits per heavy atom. The third kappa shape index (κ3) is 4.38. The van der Waals surface area contributed by atoms with Crippen LogP contribution in [0.4, 0.5) is 14.1 Å². The molecular weight excluding hydrogens is 233 g/mol. The van der Waals surface area contributed by atoms with Crippen LogP contribution in [-0.4, -0.2) is 0 Å². The molecule has 1 aromatic carbocycles. The maximum Gasteiger partial charge on any atom is 0.0204 e. The Balaban J connectivity index is -0.000000270. The molecule has 0 spiro atoms. The van der Waals surface area contributed by atoms with Crippen LogP contribution in [-0.2, 0) is 0 Å². The summed E-state index contributed by atoms with van der Waals surface area (Å²) in [7, 11) is 0. The van der Waals surface area contributed by atoms with Crippen LogP contribution in [0.2, 0.25) is 0 Å². The van der Waals surface area contributed by atoms with Crippen LogP contribution in [0, 0.1) is 13.8 Å². The van der Waals surface area contributed by atoms with Crippen LogP contribution in [0.15, 0.2) is 22.7 Å². The number of hydrogen-bond donors (Lipinski definition) is 0. The van der Waals surface area contributed by atoms with Crippen molar-refractivity contribution in [1.82, 2.24) is 0 Å².